The summed E-state index contributed by atoms with van der Waals surface area (Å²) in [7, 11) is 0. The molecule has 6 heteroatoms. The molecule has 1 saturated heterocycles. The van der Waals surface area contributed by atoms with Crippen molar-refractivity contribution in [2.24, 2.45) is 10.7 Å². The molecular formula is C27H34N6. The highest BCUT2D eigenvalue weighted by atomic mass is 15.4. The van der Waals surface area contributed by atoms with Crippen molar-refractivity contribution in [1.29, 1.82) is 0 Å². The van der Waals surface area contributed by atoms with Gasteiger partial charge in [-0.25, -0.2) is 4.99 Å². The van der Waals surface area contributed by atoms with E-state index in [-0.39, 0.29) is 0 Å². The first-order chi connectivity index (χ1) is 16.0. The average molecular weight is 443 g/mol. The molecule has 5 N–H and O–H groups in total. The predicted octanol–water partition coefficient (Wildman–Crippen LogP) is 4.77. The molecule has 2 aliphatic heterocycles. The molecular weight excluding hydrogens is 408 g/mol. The fourth-order valence-electron chi connectivity index (χ4n) is 4.75. The summed E-state index contributed by atoms with van der Waals surface area (Å²) in [6.07, 6.45) is 9.42. The molecule has 0 spiro atoms. The minimum Gasteiger partial charge on any atom is -0.361 e. The van der Waals surface area contributed by atoms with Gasteiger partial charge in [-0.2, -0.15) is 0 Å². The van der Waals surface area contributed by atoms with E-state index < -0.39 is 5.79 Å². The summed E-state index contributed by atoms with van der Waals surface area (Å²) in [5.74, 6) is 0.995. The molecule has 33 heavy (non-hydrogen) atoms. The number of H-pyrrole nitrogens is 1. The zero-order valence-electron chi connectivity index (χ0n) is 19.6. The van der Waals surface area contributed by atoms with Crippen LogP contribution in [0.4, 0.5) is 5.69 Å². The topological polar surface area (TPSA) is 81.5 Å². The second-order valence-corrected chi connectivity index (χ2v) is 9.48. The predicted molar refractivity (Wildman–Crippen MR) is 137 cm³/mol. The molecule has 172 valence electrons. The minimum absolute atomic E-state index is 0.693. The normalized spacial score (nSPS) is 20.9. The number of piperidine rings is 1. The van der Waals surface area contributed by atoms with Gasteiger partial charge in [0.2, 0.25) is 0 Å². The van der Waals surface area contributed by atoms with Gasteiger partial charge in [0.15, 0.2) is 5.79 Å². The van der Waals surface area contributed by atoms with Crippen molar-refractivity contribution in [2.45, 2.75) is 51.7 Å². The lowest BCUT2D eigenvalue weighted by Crippen LogP contribution is -2.56. The van der Waals surface area contributed by atoms with Crippen molar-refractivity contribution in [1.82, 2.24) is 15.2 Å². The van der Waals surface area contributed by atoms with Gasteiger partial charge in [-0.05, 0) is 69.4 Å². The summed E-state index contributed by atoms with van der Waals surface area (Å²) in [6, 6.07) is 14.9. The van der Waals surface area contributed by atoms with Gasteiger partial charge in [0.25, 0.3) is 0 Å². The van der Waals surface area contributed by atoms with Crippen LogP contribution in [-0.2, 0) is 6.42 Å². The number of fused-ring (bicyclic) bond motifs is 1. The summed E-state index contributed by atoms with van der Waals surface area (Å²) in [5, 5.41) is 8.27. The molecule has 3 aromatic rings. The molecule has 1 fully saturated rings. The number of aromatic amines is 1. The van der Waals surface area contributed by atoms with Crippen molar-refractivity contribution in [3.05, 3.63) is 77.2 Å². The van der Waals surface area contributed by atoms with Crippen LogP contribution in [0.2, 0.25) is 0 Å². The molecule has 2 aliphatic rings. The molecule has 1 aromatic heterocycles. The summed E-state index contributed by atoms with van der Waals surface area (Å²) in [5.41, 5.74) is 12.9. The highest BCUT2D eigenvalue weighted by Gasteiger charge is 2.31. The van der Waals surface area contributed by atoms with Crippen LogP contribution in [0.5, 0.6) is 0 Å². The largest absolute Gasteiger partial charge is 0.361 e. The van der Waals surface area contributed by atoms with Crippen molar-refractivity contribution >= 4 is 22.4 Å². The third kappa shape index (κ3) is 4.91. The first kappa shape index (κ1) is 21.6. The van der Waals surface area contributed by atoms with E-state index in [1.54, 1.807) is 0 Å². The number of aromatic nitrogens is 1. The smallest absolute Gasteiger partial charge is 0.185 e. The Balaban J connectivity index is 1.39. The standard InChI is InChI=1S/C27H34N6/c1-19-6-9-22(10-7-19)30-25-17-26(33-14-4-3-5-15-33)32-27(28,31-25)13-12-21-18-29-24-11-8-20(2)16-23(21)24/h6-11,16-18,29-31H,3-5,12-15,28H2,1-2H3. The van der Waals surface area contributed by atoms with Crippen LogP contribution in [-0.4, -0.2) is 34.6 Å². The number of nitrogens with one attached hydrogen (secondary N) is 3. The van der Waals surface area contributed by atoms with Gasteiger partial charge in [-0.1, -0.05) is 29.3 Å². The van der Waals surface area contributed by atoms with Crippen LogP contribution >= 0.6 is 0 Å². The number of aliphatic imine (C=N–C) groups is 1. The number of aryl methyl sites for hydroxylation is 3. The van der Waals surface area contributed by atoms with E-state index in [0.29, 0.717) is 6.42 Å². The molecule has 2 aromatic carbocycles. The van der Waals surface area contributed by atoms with Gasteiger partial charge in [0, 0.05) is 48.4 Å². The molecule has 1 atom stereocenters. The van der Waals surface area contributed by atoms with E-state index in [2.05, 4.69) is 89.1 Å². The van der Waals surface area contributed by atoms with Gasteiger partial charge < -0.3 is 20.5 Å². The first-order valence-electron chi connectivity index (χ1n) is 12.0. The number of anilines is 1. The summed E-state index contributed by atoms with van der Waals surface area (Å²) in [6.45, 7) is 6.29. The zero-order valence-corrected chi connectivity index (χ0v) is 19.6. The number of benzene rings is 2. The van der Waals surface area contributed by atoms with Crippen LogP contribution in [0.1, 0.15) is 42.4 Å². The van der Waals surface area contributed by atoms with Gasteiger partial charge >= 0.3 is 0 Å². The maximum absolute atomic E-state index is 6.90. The molecule has 0 aliphatic carbocycles. The highest BCUT2D eigenvalue weighted by molar-refractivity contribution is 5.95. The lowest BCUT2D eigenvalue weighted by atomic mass is 10.0. The van der Waals surface area contributed by atoms with E-state index in [4.69, 9.17) is 10.7 Å². The molecule has 5 rings (SSSR count). The number of amidine groups is 1. The van der Waals surface area contributed by atoms with Gasteiger partial charge in [-0.3, -0.25) is 5.73 Å². The number of rotatable bonds is 5. The Morgan fingerprint density at radius 3 is 2.58 bits per heavy atom. The number of nitrogens with two attached hydrogens (primary N) is 1. The minimum atomic E-state index is -0.873. The Labute approximate surface area is 196 Å². The molecule has 6 nitrogen and oxygen atoms in total. The number of hydrogen-bond donors (Lipinski definition) is 4. The van der Waals surface area contributed by atoms with E-state index >= 15 is 0 Å². The quantitative estimate of drug-likeness (QED) is 0.459. The maximum Gasteiger partial charge on any atom is 0.185 e. The monoisotopic (exact) mass is 442 g/mol. The fraction of sp³-hybridized carbons (Fsp3) is 0.370. The summed E-state index contributed by atoms with van der Waals surface area (Å²) < 4.78 is 0. The molecule has 0 radical (unpaired) electrons. The third-order valence-corrected chi connectivity index (χ3v) is 6.65. The van der Waals surface area contributed by atoms with Crippen LogP contribution in [0, 0.1) is 13.8 Å². The second-order valence-electron chi connectivity index (χ2n) is 9.48. The Bertz CT molecular complexity index is 1180. The van der Waals surface area contributed by atoms with E-state index in [0.717, 1.165) is 42.4 Å². The van der Waals surface area contributed by atoms with E-state index in [1.165, 1.54) is 41.3 Å². The van der Waals surface area contributed by atoms with Gasteiger partial charge in [0.05, 0.1) is 0 Å². The Kier molecular flexibility index (Phi) is 5.85. The molecule has 0 bridgehead atoms. The van der Waals surface area contributed by atoms with Crippen LogP contribution in [0.3, 0.4) is 0 Å². The van der Waals surface area contributed by atoms with E-state index in [1.807, 2.05) is 0 Å². The van der Waals surface area contributed by atoms with Crippen LogP contribution < -0.4 is 16.4 Å². The van der Waals surface area contributed by atoms with Gasteiger partial charge in [0.1, 0.15) is 11.7 Å². The molecule has 3 heterocycles. The van der Waals surface area contributed by atoms with Crippen molar-refractivity contribution < 1.29 is 0 Å². The molecule has 0 amide bonds. The van der Waals surface area contributed by atoms with Gasteiger partial charge in [-0.15, -0.1) is 0 Å². The number of likely N-dealkylation sites (tertiary alicyclic amines) is 1. The SMILES string of the molecule is Cc1ccc(NC2=CC(N3CCCCC3)=NC(N)(CCc3c[nH]c4ccc(C)cc34)N2)cc1. The lowest BCUT2D eigenvalue weighted by molar-refractivity contribution is 0.313. The van der Waals surface area contributed by atoms with Crippen molar-refractivity contribution in [2.75, 3.05) is 18.4 Å². The Morgan fingerprint density at radius 1 is 1.03 bits per heavy atom. The van der Waals surface area contributed by atoms with E-state index in [9.17, 15) is 0 Å². The number of nitrogens with zero attached hydrogens (tertiary/aromatic N) is 2. The average Bonchev–Trinajstić information content (AvgIpc) is 3.22. The maximum atomic E-state index is 6.90. The number of hydrogen-bond acceptors (Lipinski definition) is 5. The van der Waals surface area contributed by atoms with Crippen LogP contribution in [0.25, 0.3) is 10.9 Å². The lowest BCUT2D eigenvalue weighted by Gasteiger charge is -2.37. The zero-order chi connectivity index (χ0) is 22.8. The Hall–Kier alpha value is -3.25. The van der Waals surface area contributed by atoms with Crippen molar-refractivity contribution in [3.8, 4) is 0 Å². The summed E-state index contributed by atoms with van der Waals surface area (Å²) in [4.78, 5) is 10.8. The highest BCUT2D eigenvalue weighted by Crippen LogP contribution is 2.25. The molecule has 1 unspecified atom stereocenters. The first-order valence-corrected chi connectivity index (χ1v) is 12.0. The molecule has 0 saturated carbocycles. The Morgan fingerprint density at radius 2 is 1.79 bits per heavy atom. The summed E-state index contributed by atoms with van der Waals surface area (Å²) >= 11 is 0. The second kappa shape index (κ2) is 8.94. The van der Waals surface area contributed by atoms with Crippen molar-refractivity contribution in [3.63, 3.8) is 0 Å². The third-order valence-electron chi connectivity index (χ3n) is 6.65. The fourth-order valence-corrected chi connectivity index (χ4v) is 4.75. The van der Waals surface area contributed by atoms with Crippen LogP contribution in [0.15, 0.2) is 65.6 Å².